The van der Waals surface area contributed by atoms with Gasteiger partial charge in [0.25, 0.3) is 0 Å². The fourth-order valence-electron chi connectivity index (χ4n) is 1.59. The van der Waals surface area contributed by atoms with Gasteiger partial charge in [0.1, 0.15) is 5.69 Å². The molecule has 0 spiro atoms. The first-order chi connectivity index (χ1) is 9.86. The molecule has 7 heteroatoms. The van der Waals surface area contributed by atoms with E-state index >= 15 is 0 Å². The average molecular weight is 286 g/mol. The van der Waals surface area contributed by atoms with Gasteiger partial charge in [-0.05, 0) is 13.0 Å². The standard InChI is InChI=1S/C13H26N4O3/c1-3-4-14-5-7-19-9-10-20-8-6-17-11-13(12-18-2)15-16-17/h11,14H,3-10,12H2,1-2H3. The molecule has 1 rings (SSSR count). The molecule has 0 atom stereocenters. The Kier molecular flexibility index (Phi) is 10.0. The summed E-state index contributed by atoms with van der Waals surface area (Å²) < 4.78 is 17.6. The largest absolute Gasteiger partial charge is 0.378 e. The summed E-state index contributed by atoms with van der Waals surface area (Å²) in [6.45, 7) is 7.83. The average Bonchev–Trinajstić information content (AvgIpc) is 2.89. The summed E-state index contributed by atoms with van der Waals surface area (Å²) >= 11 is 0. The van der Waals surface area contributed by atoms with Crippen LogP contribution in [-0.4, -0.2) is 61.6 Å². The maximum absolute atomic E-state index is 5.47. The smallest absolute Gasteiger partial charge is 0.108 e. The van der Waals surface area contributed by atoms with Crippen LogP contribution in [-0.2, 0) is 27.4 Å². The molecule has 0 aliphatic carbocycles. The number of hydrogen-bond donors (Lipinski definition) is 1. The summed E-state index contributed by atoms with van der Waals surface area (Å²) in [5, 5.41) is 11.2. The molecule has 20 heavy (non-hydrogen) atoms. The predicted molar refractivity (Wildman–Crippen MR) is 75.5 cm³/mol. The van der Waals surface area contributed by atoms with E-state index in [9.17, 15) is 0 Å². The Morgan fingerprint density at radius 3 is 2.70 bits per heavy atom. The minimum atomic E-state index is 0.487. The van der Waals surface area contributed by atoms with Gasteiger partial charge in [0.15, 0.2) is 0 Å². The molecule has 0 amide bonds. The van der Waals surface area contributed by atoms with Gasteiger partial charge in [-0.3, -0.25) is 0 Å². The second-order valence-corrected chi connectivity index (χ2v) is 4.38. The van der Waals surface area contributed by atoms with Crippen molar-refractivity contribution in [3.05, 3.63) is 11.9 Å². The molecular formula is C13H26N4O3. The molecule has 0 aliphatic rings. The minimum absolute atomic E-state index is 0.487. The maximum Gasteiger partial charge on any atom is 0.108 e. The van der Waals surface area contributed by atoms with Crippen LogP contribution in [0.5, 0.6) is 0 Å². The highest BCUT2D eigenvalue weighted by molar-refractivity contribution is 4.89. The van der Waals surface area contributed by atoms with Gasteiger partial charge in [0, 0.05) is 13.7 Å². The molecule has 116 valence electrons. The number of hydrogen-bond acceptors (Lipinski definition) is 6. The molecule has 1 N–H and O–H groups in total. The Morgan fingerprint density at radius 1 is 1.15 bits per heavy atom. The third-order valence-electron chi connectivity index (χ3n) is 2.57. The van der Waals surface area contributed by atoms with Gasteiger partial charge >= 0.3 is 0 Å². The first-order valence-electron chi connectivity index (χ1n) is 7.11. The van der Waals surface area contributed by atoms with E-state index in [1.807, 2.05) is 6.20 Å². The van der Waals surface area contributed by atoms with Crippen molar-refractivity contribution in [1.29, 1.82) is 0 Å². The quantitative estimate of drug-likeness (QED) is 0.531. The second kappa shape index (κ2) is 11.8. The van der Waals surface area contributed by atoms with Crippen LogP contribution in [0.15, 0.2) is 6.20 Å². The van der Waals surface area contributed by atoms with Crippen LogP contribution in [0, 0.1) is 0 Å². The molecule has 0 fully saturated rings. The van der Waals surface area contributed by atoms with E-state index in [1.54, 1.807) is 11.8 Å². The molecule has 0 radical (unpaired) electrons. The number of nitrogens with zero attached hydrogens (tertiary/aromatic N) is 3. The van der Waals surface area contributed by atoms with E-state index in [0.717, 1.165) is 31.8 Å². The van der Waals surface area contributed by atoms with Crippen molar-refractivity contribution in [1.82, 2.24) is 20.3 Å². The highest BCUT2D eigenvalue weighted by Gasteiger charge is 1.99. The van der Waals surface area contributed by atoms with Crippen molar-refractivity contribution in [3.63, 3.8) is 0 Å². The van der Waals surface area contributed by atoms with Crippen molar-refractivity contribution >= 4 is 0 Å². The lowest BCUT2D eigenvalue weighted by atomic mass is 10.5. The lowest BCUT2D eigenvalue weighted by molar-refractivity contribution is 0.0449. The Morgan fingerprint density at radius 2 is 1.95 bits per heavy atom. The molecule has 1 aromatic heterocycles. The third kappa shape index (κ3) is 8.21. The summed E-state index contributed by atoms with van der Waals surface area (Å²) in [4.78, 5) is 0. The Bertz CT molecular complexity index is 333. The van der Waals surface area contributed by atoms with Crippen LogP contribution in [0.4, 0.5) is 0 Å². The number of nitrogens with one attached hydrogen (secondary N) is 1. The summed E-state index contributed by atoms with van der Waals surface area (Å²) in [6.07, 6.45) is 3.01. The zero-order valence-electron chi connectivity index (χ0n) is 12.5. The summed E-state index contributed by atoms with van der Waals surface area (Å²) in [6, 6.07) is 0. The Hall–Kier alpha value is -1.02. The van der Waals surface area contributed by atoms with Gasteiger partial charge in [-0.1, -0.05) is 12.1 Å². The van der Waals surface area contributed by atoms with E-state index in [0.29, 0.717) is 33.0 Å². The normalized spacial score (nSPS) is 11.1. The maximum atomic E-state index is 5.47. The van der Waals surface area contributed by atoms with Gasteiger partial charge in [0.2, 0.25) is 0 Å². The number of methoxy groups -OCH3 is 1. The van der Waals surface area contributed by atoms with Crippen LogP contribution in [0.2, 0.25) is 0 Å². The fraction of sp³-hybridized carbons (Fsp3) is 0.846. The van der Waals surface area contributed by atoms with Crippen molar-refractivity contribution in [3.8, 4) is 0 Å². The van der Waals surface area contributed by atoms with Crippen LogP contribution in [0.1, 0.15) is 19.0 Å². The molecule has 0 saturated heterocycles. The summed E-state index contributed by atoms with van der Waals surface area (Å²) in [5.74, 6) is 0. The van der Waals surface area contributed by atoms with Crippen LogP contribution in [0.25, 0.3) is 0 Å². The minimum Gasteiger partial charge on any atom is -0.378 e. The number of aromatic nitrogens is 3. The SMILES string of the molecule is CCCNCCOCCOCCn1cc(COC)nn1. The van der Waals surface area contributed by atoms with Crippen LogP contribution < -0.4 is 5.32 Å². The van der Waals surface area contributed by atoms with Gasteiger partial charge in [-0.2, -0.15) is 0 Å². The van der Waals surface area contributed by atoms with E-state index < -0.39 is 0 Å². The van der Waals surface area contributed by atoms with Gasteiger partial charge in [0.05, 0.1) is 45.8 Å². The van der Waals surface area contributed by atoms with Crippen molar-refractivity contribution < 1.29 is 14.2 Å². The van der Waals surface area contributed by atoms with Gasteiger partial charge in [-0.15, -0.1) is 5.10 Å². The first-order valence-corrected chi connectivity index (χ1v) is 7.11. The van der Waals surface area contributed by atoms with Crippen molar-refractivity contribution in [2.24, 2.45) is 0 Å². The Labute approximate surface area is 120 Å². The molecular weight excluding hydrogens is 260 g/mol. The molecule has 0 unspecified atom stereocenters. The van der Waals surface area contributed by atoms with E-state index in [2.05, 4.69) is 22.6 Å². The predicted octanol–water partition coefficient (Wildman–Crippen LogP) is 0.457. The zero-order chi connectivity index (χ0) is 14.5. The van der Waals surface area contributed by atoms with Crippen LogP contribution >= 0.6 is 0 Å². The molecule has 0 bridgehead atoms. The first kappa shape index (κ1) is 17.0. The number of rotatable bonds is 13. The Balaban J connectivity index is 1.89. The molecule has 1 aromatic rings. The van der Waals surface area contributed by atoms with E-state index in [-0.39, 0.29) is 0 Å². The third-order valence-corrected chi connectivity index (χ3v) is 2.57. The van der Waals surface area contributed by atoms with Gasteiger partial charge in [-0.25, -0.2) is 4.68 Å². The van der Waals surface area contributed by atoms with Crippen LogP contribution in [0.3, 0.4) is 0 Å². The zero-order valence-corrected chi connectivity index (χ0v) is 12.5. The molecule has 0 aliphatic heterocycles. The van der Waals surface area contributed by atoms with Crippen molar-refractivity contribution in [2.75, 3.05) is 46.6 Å². The summed E-state index contributed by atoms with van der Waals surface area (Å²) in [7, 11) is 1.64. The lowest BCUT2D eigenvalue weighted by Crippen LogP contribution is -2.21. The monoisotopic (exact) mass is 286 g/mol. The topological polar surface area (TPSA) is 70.4 Å². The second-order valence-electron chi connectivity index (χ2n) is 4.38. The highest BCUT2D eigenvalue weighted by atomic mass is 16.5. The number of ether oxygens (including phenoxy) is 3. The highest BCUT2D eigenvalue weighted by Crippen LogP contribution is 1.94. The molecule has 0 saturated carbocycles. The van der Waals surface area contributed by atoms with E-state index in [4.69, 9.17) is 14.2 Å². The molecule has 0 aromatic carbocycles. The molecule has 7 nitrogen and oxygen atoms in total. The van der Waals surface area contributed by atoms with E-state index in [1.165, 1.54) is 0 Å². The molecule has 1 heterocycles. The fourth-order valence-corrected chi connectivity index (χ4v) is 1.59. The lowest BCUT2D eigenvalue weighted by Gasteiger charge is -2.06. The summed E-state index contributed by atoms with van der Waals surface area (Å²) in [5.41, 5.74) is 0.829. The van der Waals surface area contributed by atoms with Gasteiger partial charge < -0.3 is 19.5 Å². The van der Waals surface area contributed by atoms with Crippen molar-refractivity contribution in [2.45, 2.75) is 26.5 Å².